The number of benzene rings is 3. The number of imide groups is 1. The number of hydrogen-bond acceptors (Lipinski definition) is 5. The van der Waals surface area contributed by atoms with Gasteiger partial charge in [0.15, 0.2) is 0 Å². The van der Waals surface area contributed by atoms with Crippen molar-refractivity contribution >= 4 is 51.6 Å². The lowest BCUT2D eigenvalue weighted by atomic mass is 9.75. The average Bonchev–Trinajstić information content (AvgIpc) is 3.63. The first-order valence-electron chi connectivity index (χ1n) is 12.7. The molecule has 1 spiro atoms. The van der Waals surface area contributed by atoms with Crippen molar-refractivity contribution in [2.75, 3.05) is 11.4 Å². The van der Waals surface area contributed by atoms with Crippen LogP contribution in [0, 0.1) is 11.8 Å². The summed E-state index contributed by atoms with van der Waals surface area (Å²) in [6, 6.07) is 19.6. The standard InChI is InChI=1S/C29H20Cl2N4O3/c30-15-11-12-18(31)22(14-15)34-26(37)23-21-10-5-13-33(21)29(24(23)27(34)38)17-7-2-4-9-20(17)35-25(36)16-6-1-3-8-19(16)32-28(29)35/h1-4,6-9,11-12,14,21,23-24H,5,10,13H2/t21?,23-,24+,29?/m0/s1. The van der Waals surface area contributed by atoms with Crippen molar-refractivity contribution in [2.24, 2.45) is 11.8 Å². The highest BCUT2D eigenvalue weighted by Gasteiger charge is 2.73. The molecular weight excluding hydrogens is 523 g/mol. The summed E-state index contributed by atoms with van der Waals surface area (Å²) >= 11 is 12.8. The third-order valence-corrected chi connectivity index (χ3v) is 9.34. The Morgan fingerprint density at radius 2 is 1.68 bits per heavy atom. The number of para-hydroxylation sites is 2. The van der Waals surface area contributed by atoms with Gasteiger partial charge >= 0.3 is 0 Å². The fourth-order valence-electron chi connectivity index (χ4n) is 7.51. The van der Waals surface area contributed by atoms with E-state index in [2.05, 4.69) is 4.90 Å². The molecule has 5 heterocycles. The number of fused-ring (bicyclic) bond motifs is 11. The van der Waals surface area contributed by atoms with E-state index in [1.54, 1.807) is 28.8 Å². The minimum atomic E-state index is -1.06. The number of carbonyl (C=O) groups is 2. The van der Waals surface area contributed by atoms with E-state index in [9.17, 15) is 14.4 Å². The number of hydrogen-bond donors (Lipinski definition) is 0. The van der Waals surface area contributed by atoms with E-state index < -0.39 is 17.4 Å². The minimum Gasteiger partial charge on any atom is -0.283 e. The summed E-state index contributed by atoms with van der Waals surface area (Å²) in [6.07, 6.45) is 1.66. The quantitative estimate of drug-likeness (QED) is 0.330. The van der Waals surface area contributed by atoms with Crippen LogP contribution in [0.4, 0.5) is 5.69 Å². The Kier molecular flexibility index (Phi) is 4.45. The van der Waals surface area contributed by atoms with Crippen LogP contribution in [0.15, 0.2) is 71.5 Å². The molecule has 0 N–H and O–H groups in total. The van der Waals surface area contributed by atoms with E-state index in [1.807, 2.05) is 42.5 Å². The van der Waals surface area contributed by atoms with Gasteiger partial charge in [0.05, 0.1) is 39.1 Å². The first-order valence-corrected chi connectivity index (χ1v) is 13.4. The number of amides is 2. The maximum Gasteiger partial charge on any atom is 0.266 e. The Labute approximate surface area is 227 Å². The molecule has 188 valence electrons. The van der Waals surface area contributed by atoms with Crippen LogP contribution in [0.3, 0.4) is 0 Å². The Bertz CT molecular complexity index is 1800. The van der Waals surface area contributed by atoms with E-state index in [1.165, 1.54) is 4.90 Å². The van der Waals surface area contributed by atoms with E-state index in [4.69, 9.17) is 28.2 Å². The number of rotatable bonds is 1. The molecule has 4 aliphatic heterocycles. The smallest absolute Gasteiger partial charge is 0.266 e. The predicted octanol–water partition coefficient (Wildman–Crippen LogP) is 4.53. The van der Waals surface area contributed by atoms with Crippen LogP contribution in [0.1, 0.15) is 24.2 Å². The van der Waals surface area contributed by atoms with Crippen molar-refractivity contribution in [3.63, 3.8) is 0 Å². The highest BCUT2D eigenvalue weighted by Crippen LogP contribution is 2.62. The van der Waals surface area contributed by atoms with Crippen molar-refractivity contribution in [2.45, 2.75) is 24.4 Å². The number of carbonyl (C=O) groups excluding carboxylic acids is 2. The second-order valence-corrected chi connectivity index (χ2v) is 11.2. The van der Waals surface area contributed by atoms with E-state index in [0.717, 1.165) is 18.4 Å². The molecule has 0 aliphatic carbocycles. The van der Waals surface area contributed by atoms with Crippen LogP contribution in [0.2, 0.25) is 10.0 Å². The maximum absolute atomic E-state index is 14.5. The van der Waals surface area contributed by atoms with Crippen molar-refractivity contribution in [3.8, 4) is 5.69 Å². The third kappa shape index (κ3) is 2.50. The highest BCUT2D eigenvalue weighted by atomic mass is 35.5. The van der Waals surface area contributed by atoms with Crippen molar-refractivity contribution in [1.82, 2.24) is 14.5 Å². The number of nitrogens with zero attached hydrogens (tertiary/aromatic N) is 4. The molecule has 0 bridgehead atoms. The Morgan fingerprint density at radius 1 is 0.895 bits per heavy atom. The fraction of sp³-hybridized carbons (Fsp3) is 0.241. The maximum atomic E-state index is 14.5. The molecule has 3 saturated heterocycles. The van der Waals surface area contributed by atoms with Crippen LogP contribution in [0.25, 0.3) is 16.6 Å². The van der Waals surface area contributed by atoms with Crippen molar-refractivity contribution < 1.29 is 9.59 Å². The summed E-state index contributed by atoms with van der Waals surface area (Å²) in [5.41, 5.74) is 1.16. The van der Waals surface area contributed by atoms with E-state index in [0.29, 0.717) is 39.7 Å². The lowest BCUT2D eigenvalue weighted by molar-refractivity contribution is -0.124. The second-order valence-electron chi connectivity index (χ2n) is 10.4. The summed E-state index contributed by atoms with van der Waals surface area (Å²) < 4.78 is 1.65. The molecule has 1 aromatic heterocycles. The zero-order valence-electron chi connectivity index (χ0n) is 20.0. The van der Waals surface area contributed by atoms with Gasteiger partial charge in [-0.05, 0) is 55.8 Å². The molecule has 38 heavy (non-hydrogen) atoms. The molecule has 7 nitrogen and oxygen atoms in total. The normalized spacial score (nSPS) is 27.3. The van der Waals surface area contributed by atoms with Crippen LogP contribution >= 0.6 is 23.2 Å². The SMILES string of the molecule is O=C1[C@H]2C3CCCN3C3(c4ccccc4-n4c3nc3ccccc3c4=O)[C@H]2C(=O)N1c1cc(Cl)ccc1Cl. The molecule has 3 fully saturated rings. The van der Waals surface area contributed by atoms with E-state index >= 15 is 0 Å². The van der Waals surface area contributed by atoms with Gasteiger partial charge in [0.2, 0.25) is 11.8 Å². The second kappa shape index (κ2) is 7.53. The molecule has 8 rings (SSSR count). The molecule has 4 aliphatic rings. The van der Waals surface area contributed by atoms with Crippen molar-refractivity contribution in [3.05, 3.63) is 98.5 Å². The lowest BCUT2D eigenvalue weighted by Gasteiger charge is -2.38. The van der Waals surface area contributed by atoms with Gasteiger partial charge in [-0.25, -0.2) is 9.88 Å². The number of aromatic nitrogens is 2. The fourth-order valence-corrected chi connectivity index (χ4v) is 7.88. The van der Waals surface area contributed by atoms with Gasteiger partial charge in [0.25, 0.3) is 5.56 Å². The molecule has 2 unspecified atom stereocenters. The van der Waals surface area contributed by atoms with Crippen LogP contribution < -0.4 is 10.5 Å². The zero-order valence-corrected chi connectivity index (χ0v) is 21.5. The molecule has 0 radical (unpaired) electrons. The first-order chi connectivity index (χ1) is 18.4. The molecule has 3 aromatic carbocycles. The highest BCUT2D eigenvalue weighted by molar-refractivity contribution is 6.38. The number of halogens is 2. The predicted molar refractivity (Wildman–Crippen MR) is 144 cm³/mol. The first kappa shape index (κ1) is 22.5. The summed E-state index contributed by atoms with van der Waals surface area (Å²) in [6.45, 7) is 0.702. The molecule has 2 amide bonds. The number of anilines is 1. The lowest BCUT2D eigenvalue weighted by Crippen LogP contribution is -2.51. The molecule has 0 saturated carbocycles. The van der Waals surface area contributed by atoms with Crippen LogP contribution in [0.5, 0.6) is 0 Å². The Balaban J connectivity index is 1.45. The molecular formula is C29H20Cl2N4O3. The van der Waals surface area contributed by atoms with Gasteiger partial charge < -0.3 is 0 Å². The summed E-state index contributed by atoms with van der Waals surface area (Å²) in [7, 11) is 0. The van der Waals surface area contributed by atoms with Gasteiger partial charge in [-0.3, -0.25) is 23.9 Å². The van der Waals surface area contributed by atoms with Gasteiger partial charge in [-0.2, -0.15) is 0 Å². The Morgan fingerprint density at radius 3 is 2.55 bits per heavy atom. The van der Waals surface area contributed by atoms with Crippen LogP contribution in [-0.4, -0.2) is 38.9 Å². The summed E-state index contributed by atoms with van der Waals surface area (Å²) in [5.74, 6) is -1.48. The minimum absolute atomic E-state index is 0.164. The van der Waals surface area contributed by atoms with E-state index in [-0.39, 0.29) is 28.4 Å². The third-order valence-electron chi connectivity index (χ3n) is 8.79. The largest absolute Gasteiger partial charge is 0.283 e. The van der Waals surface area contributed by atoms with Gasteiger partial charge in [-0.15, -0.1) is 0 Å². The average molecular weight is 543 g/mol. The van der Waals surface area contributed by atoms with Gasteiger partial charge in [0.1, 0.15) is 11.4 Å². The molecule has 4 aromatic rings. The zero-order chi connectivity index (χ0) is 25.9. The van der Waals surface area contributed by atoms with Gasteiger partial charge in [-0.1, -0.05) is 53.5 Å². The Hall–Kier alpha value is -3.52. The summed E-state index contributed by atoms with van der Waals surface area (Å²) in [4.78, 5) is 51.1. The van der Waals surface area contributed by atoms with Crippen LogP contribution in [-0.2, 0) is 15.1 Å². The van der Waals surface area contributed by atoms with Crippen molar-refractivity contribution in [1.29, 1.82) is 0 Å². The van der Waals surface area contributed by atoms with Gasteiger partial charge in [0, 0.05) is 16.6 Å². The summed E-state index contributed by atoms with van der Waals surface area (Å²) in [5, 5.41) is 1.17. The molecule has 9 heteroatoms. The molecule has 4 atom stereocenters. The monoisotopic (exact) mass is 542 g/mol. The topological polar surface area (TPSA) is 75.5 Å².